The lowest BCUT2D eigenvalue weighted by atomic mass is 9.89. The second-order valence-electron chi connectivity index (χ2n) is 5.64. The van der Waals surface area contributed by atoms with E-state index in [9.17, 15) is 9.59 Å². The van der Waals surface area contributed by atoms with Gasteiger partial charge in [0.2, 0.25) is 5.91 Å². The first-order chi connectivity index (χ1) is 10.3. The monoisotopic (exact) mass is 308 g/mol. The van der Waals surface area contributed by atoms with Crippen LogP contribution in [0.3, 0.4) is 0 Å². The molecule has 21 heavy (non-hydrogen) atoms. The van der Waals surface area contributed by atoms with Crippen molar-refractivity contribution in [1.82, 2.24) is 10.6 Å². The van der Waals surface area contributed by atoms with Gasteiger partial charge in [-0.25, -0.2) is 0 Å². The van der Waals surface area contributed by atoms with Crippen molar-refractivity contribution in [3.63, 3.8) is 0 Å². The predicted molar refractivity (Wildman–Crippen MR) is 85.5 cm³/mol. The molecule has 2 amide bonds. The Morgan fingerprint density at radius 2 is 2.00 bits per heavy atom. The number of carbonyl (C=O) groups is 2. The zero-order valence-corrected chi connectivity index (χ0v) is 13.2. The molecule has 1 aromatic rings. The molecule has 5 heteroatoms. The van der Waals surface area contributed by atoms with Crippen LogP contribution in [0, 0.1) is 5.92 Å². The molecular weight excluding hydrogens is 284 g/mol. The van der Waals surface area contributed by atoms with E-state index in [1.54, 1.807) is 6.07 Å². The van der Waals surface area contributed by atoms with Gasteiger partial charge in [0.05, 0.1) is 4.88 Å². The van der Waals surface area contributed by atoms with Crippen molar-refractivity contribution < 1.29 is 9.59 Å². The third-order valence-corrected chi connectivity index (χ3v) is 4.79. The highest BCUT2D eigenvalue weighted by atomic mass is 32.1. The molecule has 1 heterocycles. The minimum atomic E-state index is -0.0485. The molecule has 4 nitrogen and oxygen atoms in total. The first-order valence-corrected chi connectivity index (χ1v) is 8.72. The van der Waals surface area contributed by atoms with Gasteiger partial charge in [0.25, 0.3) is 5.91 Å². The highest BCUT2D eigenvalue weighted by Gasteiger charge is 2.14. The van der Waals surface area contributed by atoms with Crippen LogP contribution < -0.4 is 10.6 Å². The van der Waals surface area contributed by atoms with E-state index in [0.29, 0.717) is 25.3 Å². The van der Waals surface area contributed by atoms with Gasteiger partial charge in [-0.2, -0.15) is 0 Å². The van der Waals surface area contributed by atoms with E-state index in [-0.39, 0.29) is 11.8 Å². The van der Waals surface area contributed by atoms with Crippen LogP contribution in [0.25, 0.3) is 0 Å². The second kappa shape index (κ2) is 8.82. The molecule has 1 aliphatic carbocycles. The summed E-state index contributed by atoms with van der Waals surface area (Å²) >= 11 is 1.43. The number of amides is 2. The van der Waals surface area contributed by atoms with Gasteiger partial charge in [-0.3, -0.25) is 9.59 Å². The van der Waals surface area contributed by atoms with Crippen molar-refractivity contribution in [3.05, 3.63) is 22.4 Å². The molecule has 1 saturated carbocycles. The lowest BCUT2D eigenvalue weighted by molar-refractivity contribution is -0.121. The fourth-order valence-corrected chi connectivity index (χ4v) is 3.32. The molecule has 0 aromatic carbocycles. The van der Waals surface area contributed by atoms with E-state index < -0.39 is 0 Å². The summed E-state index contributed by atoms with van der Waals surface area (Å²) in [6.45, 7) is 1.37. The van der Waals surface area contributed by atoms with Crippen LogP contribution in [0.4, 0.5) is 0 Å². The van der Waals surface area contributed by atoms with Crippen LogP contribution in [0.2, 0.25) is 0 Å². The maximum atomic E-state index is 11.7. The number of rotatable bonds is 7. The summed E-state index contributed by atoms with van der Waals surface area (Å²) in [7, 11) is 0. The zero-order chi connectivity index (χ0) is 14.9. The van der Waals surface area contributed by atoms with Gasteiger partial charge in [-0.15, -0.1) is 11.3 Å². The number of hydrogen-bond acceptors (Lipinski definition) is 3. The SMILES string of the molecule is O=C(CCCNC(=O)c1cccs1)NCC1CCCCC1. The molecule has 1 aromatic heterocycles. The zero-order valence-electron chi connectivity index (χ0n) is 12.4. The van der Waals surface area contributed by atoms with Crippen molar-refractivity contribution in [2.75, 3.05) is 13.1 Å². The number of hydrogen-bond donors (Lipinski definition) is 2. The fourth-order valence-electron chi connectivity index (χ4n) is 2.68. The van der Waals surface area contributed by atoms with Crippen LogP contribution in [0.5, 0.6) is 0 Å². The quantitative estimate of drug-likeness (QED) is 0.761. The van der Waals surface area contributed by atoms with E-state index in [4.69, 9.17) is 0 Å². The van der Waals surface area contributed by atoms with Gasteiger partial charge in [0, 0.05) is 19.5 Å². The van der Waals surface area contributed by atoms with Crippen LogP contribution in [0.1, 0.15) is 54.6 Å². The predicted octanol–water partition coefficient (Wildman–Crippen LogP) is 2.95. The molecule has 2 rings (SSSR count). The topological polar surface area (TPSA) is 58.2 Å². The number of thiophene rings is 1. The third-order valence-electron chi connectivity index (χ3n) is 3.92. The van der Waals surface area contributed by atoms with Crippen molar-refractivity contribution in [2.24, 2.45) is 5.92 Å². The summed E-state index contributed by atoms with van der Waals surface area (Å²) < 4.78 is 0. The van der Waals surface area contributed by atoms with Crippen molar-refractivity contribution in [1.29, 1.82) is 0 Å². The van der Waals surface area contributed by atoms with Crippen molar-refractivity contribution in [3.8, 4) is 0 Å². The van der Waals surface area contributed by atoms with Gasteiger partial charge < -0.3 is 10.6 Å². The molecule has 0 spiro atoms. The van der Waals surface area contributed by atoms with Gasteiger partial charge in [-0.05, 0) is 36.6 Å². The Morgan fingerprint density at radius 1 is 1.19 bits per heavy atom. The molecular formula is C16H24N2O2S. The Morgan fingerprint density at radius 3 is 2.71 bits per heavy atom. The van der Waals surface area contributed by atoms with Crippen LogP contribution in [0.15, 0.2) is 17.5 Å². The summed E-state index contributed by atoms with van der Waals surface area (Å²) in [6.07, 6.45) is 7.61. The Kier molecular flexibility index (Phi) is 6.73. The smallest absolute Gasteiger partial charge is 0.261 e. The Labute approximate surface area is 130 Å². The van der Waals surface area contributed by atoms with Gasteiger partial charge >= 0.3 is 0 Å². The standard InChI is InChI=1S/C16H24N2O2S/c19-15(18-12-13-6-2-1-3-7-13)9-4-10-17-16(20)14-8-5-11-21-14/h5,8,11,13H,1-4,6-7,9-10,12H2,(H,17,20)(H,18,19). The molecule has 0 saturated heterocycles. The third kappa shape index (κ3) is 5.87. The minimum absolute atomic E-state index is 0.0485. The second-order valence-corrected chi connectivity index (χ2v) is 6.59. The first-order valence-electron chi connectivity index (χ1n) is 7.84. The average Bonchev–Trinajstić information content (AvgIpc) is 3.05. The molecule has 0 aliphatic heterocycles. The summed E-state index contributed by atoms with van der Waals surface area (Å²) in [5.74, 6) is 0.722. The highest BCUT2D eigenvalue weighted by Crippen LogP contribution is 2.22. The molecule has 2 N–H and O–H groups in total. The van der Waals surface area contributed by atoms with Crippen molar-refractivity contribution in [2.45, 2.75) is 44.9 Å². The van der Waals surface area contributed by atoms with Gasteiger partial charge in [-0.1, -0.05) is 25.3 Å². The average molecular weight is 308 g/mol. The summed E-state index contributed by atoms with van der Waals surface area (Å²) in [5.41, 5.74) is 0. The molecule has 0 radical (unpaired) electrons. The molecule has 0 atom stereocenters. The van der Waals surface area contributed by atoms with Crippen LogP contribution in [-0.2, 0) is 4.79 Å². The normalized spacial score (nSPS) is 15.6. The van der Waals surface area contributed by atoms with E-state index >= 15 is 0 Å². The summed E-state index contributed by atoms with van der Waals surface area (Å²) in [5, 5.41) is 7.74. The molecule has 0 bridgehead atoms. The summed E-state index contributed by atoms with van der Waals surface area (Å²) in [4.78, 5) is 24.1. The van der Waals surface area contributed by atoms with Crippen LogP contribution in [-0.4, -0.2) is 24.9 Å². The largest absolute Gasteiger partial charge is 0.356 e. The highest BCUT2D eigenvalue weighted by molar-refractivity contribution is 7.12. The Balaban J connectivity index is 1.52. The van der Waals surface area contributed by atoms with Crippen LogP contribution >= 0.6 is 11.3 Å². The van der Waals surface area contributed by atoms with E-state index in [2.05, 4.69) is 10.6 Å². The first kappa shape index (κ1) is 16.0. The van der Waals surface area contributed by atoms with Crippen molar-refractivity contribution >= 4 is 23.2 Å². The van der Waals surface area contributed by atoms with Gasteiger partial charge in [0.15, 0.2) is 0 Å². The summed E-state index contributed by atoms with van der Waals surface area (Å²) in [6, 6.07) is 3.66. The lowest BCUT2D eigenvalue weighted by Crippen LogP contribution is -2.31. The minimum Gasteiger partial charge on any atom is -0.356 e. The number of carbonyl (C=O) groups excluding carboxylic acids is 2. The Hall–Kier alpha value is -1.36. The molecule has 0 unspecified atom stereocenters. The molecule has 1 fully saturated rings. The molecule has 1 aliphatic rings. The maximum absolute atomic E-state index is 11.7. The number of nitrogens with one attached hydrogen (secondary N) is 2. The lowest BCUT2D eigenvalue weighted by Gasteiger charge is -2.21. The van der Waals surface area contributed by atoms with E-state index in [0.717, 1.165) is 11.4 Å². The van der Waals surface area contributed by atoms with E-state index in [1.165, 1.54) is 43.4 Å². The molecule has 116 valence electrons. The fraction of sp³-hybridized carbons (Fsp3) is 0.625. The van der Waals surface area contributed by atoms with E-state index in [1.807, 2.05) is 11.4 Å². The Bertz CT molecular complexity index is 439. The van der Waals surface area contributed by atoms with Gasteiger partial charge in [0.1, 0.15) is 0 Å². The maximum Gasteiger partial charge on any atom is 0.261 e.